The minimum atomic E-state index is 0.415. The highest BCUT2D eigenvalue weighted by Crippen LogP contribution is 2.38. The van der Waals surface area contributed by atoms with Crippen molar-refractivity contribution in [2.75, 3.05) is 24.8 Å². The van der Waals surface area contributed by atoms with Crippen molar-refractivity contribution in [1.29, 1.82) is 0 Å². The van der Waals surface area contributed by atoms with E-state index in [1.807, 2.05) is 18.2 Å². The summed E-state index contributed by atoms with van der Waals surface area (Å²) in [7, 11) is 3.84. The second-order valence-electron chi connectivity index (χ2n) is 5.33. The molecular weight excluding hydrogens is 248 g/mol. The second kappa shape index (κ2) is 5.08. The van der Waals surface area contributed by atoms with Crippen molar-refractivity contribution in [1.82, 2.24) is 0 Å². The first-order valence-corrected chi connectivity index (χ1v) is 6.94. The Bertz CT molecular complexity index is 624. The van der Waals surface area contributed by atoms with Crippen LogP contribution >= 0.6 is 0 Å². The van der Waals surface area contributed by atoms with Gasteiger partial charge < -0.3 is 15.4 Å². The van der Waals surface area contributed by atoms with E-state index in [0.29, 0.717) is 6.04 Å². The zero-order valence-corrected chi connectivity index (χ0v) is 12.0. The first-order valence-electron chi connectivity index (χ1n) is 6.94. The third kappa shape index (κ3) is 2.20. The van der Waals surface area contributed by atoms with Crippen molar-refractivity contribution in [2.45, 2.75) is 18.9 Å². The lowest BCUT2D eigenvalue weighted by atomic mass is 10.1. The zero-order valence-electron chi connectivity index (χ0n) is 12.0. The maximum absolute atomic E-state index is 5.87. The highest BCUT2D eigenvalue weighted by Gasteiger charge is 2.26. The van der Waals surface area contributed by atoms with Gasteiger partial charge in [0.15, 0.2) is 0 Å². The van der Waals surface area contributed by atoms with Crippen LogP contribution in [0.2, 0.25) is 0 Å². The van der Waals surface area contributed by atoms with Crippen molar-refractivity contribution in [3.8, 4) is 5.75 Å². The average Bonchev–Trinajstić information content (AvgIpc) is 2.89. The fraction of sp³-hybridized carbons (Fsp3) is 0.294. The quantitative estimate of drug-likeness (QED) is 0.867. The van der Waals surface area contributed by atoms with Crippen LogP contribution in [0.5, 0.6) is 5.75 Å². The van der Waals surface area contributed by atoms with Crippen LogP contribution in [0.3, 0.4) is 0 Å². The largest absolute Gasteiger partial charge is 0.497 e. The Balaban J connectivity index is 1.91. The molecule has 1 aliphatic carbocycles. The van der Waals surface area contributed by atoms with Gasteiger partial charge in [-0.2, -0.15) is 0 Å². The molecule has 0 bridgehead atoms. The van der Waals surface area contributed by atoms with Crippen LogP contribution in [0.25, 0.3) is 0 Å². The molecule has 0 saturated heterocycles. The molecule has 0 aromatic heterocycles. The molecule has 0 radical (unpaired) electrons. The van der Waals surface area contributed by atoms with Gasteiger partial charge in [0.1, 0.15) is 5.75 Å². The lowest BCUT2D eigenvalue weighted by Crippen LogP contribution is -2.22. The lowest BCUT2D eigenvalue weighted by molar-refractivity contribution is 0.414. The van der Waals surface area contributed by atoms with E-state index in [0.717, 1.165) is 24.3 Å². The van der Waals surface area contributed by atoms with Gasteiger partial charge in [0, 0.05) is 24.5 Å². The SMILES string of the molecule is COc1cccc(N(C)C2CCc3cc(N)ccc32)c1. The summed E-state index contributed by atoms with van der Waals surface area (Å²) in [5.74, 6) is 0.893. The number of benzene rings is 2. The highest BCUT2D eigenvalue weighted by molar-refractivity contribution is 5.55. The van der Waals surface area contributed by atoms with E-state index in [9.17, 15) is 0 Å². The Morgan fingerprint density at radius 2 is 2.05 bits per heavy atom. The van der Waals surface area contributed by atoms with Crippen molar-refractivity contribution in [3.63, 3.8) is 0 Å². The van der Waals surface area contributed by atoms with Gasteiger partial charge in [0.2, 0.25) is 0 Å². The molecule has 0 spiro atoms. The maximum Gasteiger partial charge on any atom is 0.120 e. The smallest absolute Gasteiger partial charge is 0.120 e. The summed E-state index contributed by atoms with van der Waals surface area (Å²) in [6.07, 6.45) is 2.23. The molecule has 0 heterocycles. The van der Waals surface area contributed by atoms with E-state index in [4.69, 9.17) is 10.5 Å². The number of hydrogen-bond acceptors (Lipinski definition) is 3. The number of nitrogen functional groups attached to an aromatic ring is 1. The van der Waals surface area contributed by atoms with E-state index < -0.39 is 0 Å². The molecule has 2 N–H and O–H groups in total. The minimum absolute atomic E-state index is 0.415. The van der Waals surface area contributed by atoms with E-state index in [2.05, 4.69) is 36.2 Å². The fourth-order valence-corrected chi connectivity index (χ4v) is 3.03. The number of aryl methyl sites for hydroxylation is 1. The molecule has 3 nitrogen and oxygen atoms in total. The fourth-order valence-electron chi connectivity index (χ4n) is 3.03. The number of hydrogen-bond donors (Lipinski definition) is 1. The summed E-state index contributed by atoms with van der Waals surface area (Å²) in [6.45, 7) is 0. The summed E-state index contributed by atoms with van der Waals surface area (Å²) in [5.41, 5.74) is 10.7. The Hall–Kier alpha value is -2.16. The molecule has 20 heavy (non-hydrogen) atoms. The minimum Gasteiger partial charge on any atom is -0.497 e. The van der Waals surface area contributed by atoms with Gasteiger partial charge in [-0.25, -0.2) is 0 Å². The second-order valence-corrected chi connectivity index (χ2v) is 5.33. The van der Waals surface area contributed by atoms with E-state index >= 15 is 0 Å². The Kier molecular flexibility index (Phi) is 3.26. The monoisotopic (exact) mass is 268 g/mol. The molecule has 3 rings (SSSR count). The lowest BCUT2D eigenvalue weighted by Gasteiger charge is -2.28. The molecule has 3 heteroatoms. The molecular formula is C17H20N2O. The molecule has 2 aromatic carbocycles. The molecule has 1 unspecified atom stereocenters. The van der Waals surface area contributed by atoms with Crippen molar-refractivity contribution < 1.29 is 4.74 Å². The number of anilines is 2. The molecule has 0 fully saturated rings. The molecule has 0 amide bonds. The van der Waals surface area contributed by atoms with Crippen molar-refractivity contribution in [3.05, 3.63) is 53.6 Å². The van der Waals surface area contributed by atoms with Gasteiger partial charge in [-0.05, 0) is 48.2 Å². The predicted molar refractivity (Wildman–Crippen MR) is 83.3 cm³/mol. The molecule has 1 atom stereocenters. The molecule has 0 aliphatic heterocycles. The van der Waals surface area contributed by atoms with Crippen LogP contribution in [0, 0.1) is 0 Å². The number of nitrogens with two attached hydrogens (primary N) is 1. The molecule has 104 valence electrons. The molecule has 2 aromatic rings. The average molecular weight is 268 g/mol. The van der Waals surface area contributed by atoms with Crippen LogP contribution in [0.15, 0.2) is 42.5 Å². The van der Waals surface area contributed by atoms with Gasteiger partial charge in [-0.1, -0.05) is 12.1 Å². The number of fused-ring (bicyclic) bond motifs is 1. The molecule has 1 aliphatic rings. The van der Waals surface area contributed by atoms with Crippen LogP contribution in [-0.4, -0.2) is 14.2 Å². The number of ether oxygens (including phenoxy) is 1. The number of methoxy groups -OCH3 is 1. The topological polar surface area (TPSA) is 38.5 Å². The summed E-state index contributed by atoms with van der Waals surface area (Å²) in [6, 6.07) is 14.9. The summed E-state index contributed by atoms with van der Waals surface area (Å²) in [5, 5.41) is 0. The summed E-state index contributed by atoms with van der Waals surface area (Å²) >= 11 is 0. The first-order chi connectivity index (χ1) is 9.69. The van der Waals surface area contributed by atoms with Gasteiger partial charge in [0.05, 0.1) is 13.2 Å². The van der Waals surface area contributed by atoms with Crippen molar-refractivity contribution in [2.24, 2.45) is 0 Å². The van der Waals surface area contributed by atoms with Gasteiger partial charge in [-0.15, -0.1) is 0 Å². The third-order valence-corrected chi connectivity index (χ3v) is 4.14. The van der Waals surface area contributed by atoms with Gasteiger partial charge in [-0.3, -0.25) is 0 Å². The Labute approximate surface area is 120 Å². The predicted octanol–water partition coefficient (Wildman–Crippen LogP) is 3.40. The van der Waals surface area contributed by atoms with Crippen molar-refractivity contribution >= 4 is 11.4 Å². The third-order valence-electron chi connectivity index (χ3n) is 4.14. The van der Waals surface area contributed by atoms with Crippen LogP contribution in [0.1, 0.15) is 23.6 Å². The normalized spacial score (nSPS) is 16.8. The zero-order chi connectivity index (χ0) is 14.1. The van der Waals surface area contributed by atoms with Gasteiger partial charge in [0.25, 0.3) is 0 Å². The standard InChI is InChI=1S/C17H20N2O/c1-19(14-4-3-5-15(11-14)20-2)17-9-6-12-10-13(18)7-8-16(12)17/h3-5,7-8,10-11,17H,6,9,18H2,1-2H3. The Morgan fingerprint density at radius 1 is 1.20 bits per heavy atom. The van der Waals surface area contributed by atoms with Crippen LogP contribution in [-0.2, 0) is 6.42 Å². The van der Waals surface area contributed by atoms with Gasteiger partial charge >= 0.3 is 0 Å². The number of rotatable bonds is 3. The van der Waals surface area contributed by atoms with E-state index in [1.165, 1.54) is 16.8 Å². The molecule has 0 saturated carbocycles. The Morgan fingerprint density at radius 3 is 2.85 bits per heavy atom. The van der Waals surface area contributed by atoms with Crippen LogP contribution in [0.4, 0.5) is 11.4 Å². The summed E-state index contributed by atoms with van der Waals surface area (Å²) in [4.78, 5) is 2.32. The van der Waals surface area contributed by atoms with E-state index in [-0.39, 0.29) is 0 Å². The highest BCUT2D eigenvalue weighted by atomic mass is 16.5. The summed E-state index contributed by atoms with van der Waals surface area (Å²) < 4.78 is 5.31. The maximum atomic E-state index is 5.87. The van der Waals surface area contributed by atoms with E-state index in [1.54, 1.807) is 7.11 Å². The van der Waals surface area contributed by atoms with Crippen LogP contribution < -0.4 is 15.4 Å². The first kappa shape index (κ1) is 12.9. The number of nitrogens with zero attached hydrogens (tertiary/aromatic N) is 1.